The van der Waals surface area contributed by atoms with Crippen molar-refractivity contribution >= 4 is 29.3 Å². The summed E-state index contributed by atoms with van der Waals surface area (Å²) in [4.78, 5) is 18.7. The minimum atomic E-state index is -0.518. The number of aromatic nitrogens is 3. The minimum Gasteiger partial charge on any atom is -0.492 e. The molecule has 1 aliphatic heterocycles. The van der Waals surface area contributed by atoms with E-state index in [1.165, 1.54) is 5.56 Å². The number of aryl methyl sites for hydroxylation is 1. The van der Waals surface area contributed by atoms with Crippen LogP contribution in [0.15, 0.2) is 89.2 Å². The number of rotatable bonds is 11. The van der Waals surface area contributed by atoms with Crippen LogP contribution in [-0.4, -0.2) is 33.0 Å². The first-order valence-corrected chi connectivity index (χ1v) is 14.8. The SMILES string of the molecule is CCCSc1nc2n(n1)C(c1cccc(OCc3ccccc3C)c1)C(C(=O)Nc1ccccc1OCC)=C(C)N2. The molecule has 1 aromatic heterocycles. The van der Waals surface area contributed by atoms with Gasteiger partial charge in [0, 0.05) is 11.4 Å². The van der Waals surface area contributed by atoms with E-state index >= 15 is 0 Å². The van der Waals surface area contributed by atoms with Crippen molar-refractivity contribution in [2.75, 3.05) is 23.0 Å². The van der Waals surface area contributed by atoms with Gasteiger partial charge in [-0.1, -0.05) is 67.2 Å². The number of allylic oxidation sites excluding steroid dienone is 1. The lowest BCUT2D eigenvalue weighted by atomic mass is 9.94. The van der Waals surface area contributed by atoms with E-state index in [1.807, 2.05) is 74.5 Å². The molecule has 3 aromatic carbocycles. The van der Waals surface area contributed by atoms with Gasteiger partial charge in [0.1, 0.15) is 24.1 Å². The number of nitrogens with one attached hydrogen (secondary N) is 2. The molecule has 1 aliphatic rings. The molecule has 1 unspecified atom stereocenters. The summed E-state index contributed by atoms with van der Waals surface area (Å²) in [5.41, 5.74) is 5.03. The van der Waals surface area contributed by atoms with Crippen molar-refractivity contribution in [2.45, 2.75) is 51.9 Å². The smallest absolute Gasteiger partial charge is 0.255 e. The first-order valence-electron chi connectivity index (χ1n) is 13.9. The quantitative estimate of drug-likeness (QED) is 0.188. The summed E-state index contributed by atoms with van der Waals surface area (Å²) < 4.78 is 13.8. The molecule has 4 aromatic rings. The van der Waals surface area contributed by atoms with Crippen LogP contribution in [0.3, 0.4) is 0 Å². The predicted molar refractivity (Wildman–Crippen MR) is 164 cm³/mol. The van der Waals surface area contributed by atoms with E-state index in [0.717, 1.165) is 23.3 Å². The van der Waals surface area contributed by atoms with Gasteiger partial charge in [-0.25, -0.2) is 4.68 Å². The van der Waals surface area contributed by atoms with Crippen molar-refractivity contribution in [1.29, 1.82) is 0 Å². The highest BCUT2D eigenvalue weighted by Gasteiger charge is 2.35. The number of nitrogens with zero attached hydrogens (tertiary/aromatic N) is 3. The molecule has 9 heteroatoms. The fourth-order valence-corrected chi connectivity index (χ4v) is 5.42. The van der Waals surface area contributed by atoms with E-state index in [9.17, 15) is 4.79 Å². The summed E-state index contributed by atoms with van der Waals surface area (Å²) in [6, 6.07) is 23.0. The molecule has 0 spiro atoms. The summed E-state index contributed by atoms with van der Waals surface area (Å²) in [6.07, 6.45) is 1.01. The molecule has 1 atom stereocenters. The largest absolute Gasteiger partial charge is 0.492 e. The second-order valence-electron chi connectivity index (χ2n) is 9.75. The highest BCUT2D eigenvalue weighted by Crippen LogP contribution is 2.38. The molecule has 41 heavy (non-hydrogen) atoms. The van der Waals surface area contributed by atoms with Crippen molar-refractivity contribution in [1.82, 2.24) is 14.8 Å². The van der Waals surface area contributed by atoms with E-state index in [-0.39, 0.29) is 5.91 Å². The number of benzene rings is 3. The van der Waals surface area contributed by atoms with Gasteiger partial charge in [-0.05, 0) is 68.1 Å². The normalized spacial score (nSPS) is 14.3. The number of thioether (sulfide) groups is 1. The average Bonchev–Trinajstić information content (AvgIpc) is 3.38. The lowest BCUT2D eigenvalue weighted by Crippen LogP contribution is -2.31. The Hall–Kier alpha value is -4.24. The molecule has 5 rings (SSSR count). The molecule has 0 fully saturated rings. The van der Waals surface area contributed by atoms with Crippen LogP contribution in [0.1, 0.15) is 49.9 Å². The molecular formula is C32H35N5O3S. The van der Waals surface area contributed by atoms with Crippen molar-refractivity contribution in [3.63, 3.8) is 0 Å². The molecule has 2 heterocycles. The zero-order valence-corrected chi connectivity index (χ0v) is 24.6. The maximum atomic E-state index is 14.0. The van der Waals surface area contributed by atoms with Crippen LogP contribution < -0.4 is 20.1 Å². The summed E-state index contributed by atoms with van der Waals surface area (Å²) in [5, 5.41) is 11.9. The number of para-hydroxylation sites is 2. The standard InChI is InChI=1S/C32H35N5O3S/c1-5-18-41-32-35-31-33-22(4)28(30(38)34-26-16-9-10-17-27(26)39-6-2)29(37(31)36-32)23-14-11-15-25(19-23)40-20-24-13-8-7-12-21(24)3/h7-17,19,29H,5-6,18,20H2,1-4H3,(H,34,38)(H,33,35,36). The van der Waals surface area contributed by atoms with Crippen LogP contribution in [-0.2, 0) is 11.4 Å². The maximum absolute atomic E-state index is 14.0. The first-order chi connectivity index (χ1) is 20.0. The Bertz CT molecular complexity index is 1560. The summed E-state index contributed by atoms with van der Waals surface area (Å²) in [6.45, 7) is 8.96. The number of hydrogen-bond acceptors (Lipinski definition) is 7. The van der Waals surface area contributed by atoms with Crippen molar-refractivity contribution in [3.05, 3.63) is 101 Å². The van der Waals surface area contributed by atoms with Gasteiger partial charge in [-0.3, -0.25) is 4.79 Å². The Morgan fingerprint density at radius 1 is 1.02 bits per heavy atom. The van der Waals surface area contributed by atoms with Gasteiger partial charge in [0.15, 0.2) is 0 Å². The number of carbonyl (C=O) groups excluding carboxylic acids is 1. The lowest BCUT2D eigenvalue weighted by molar-refractivity contribution is -0.113. The number of hydrogen-bond donors (Lipinski definition) is 2. The van der Waals surface area contributed by atoms with Gasteiger partial charge in [0.05, 0.1) is 17.9 Å². The Morgan fingerprint density at radius 3 is 2.63 bits per heavy atom. The van der Waals surface area contributed by atoms with Gasteiger partial charge in [-0.15, -0.1) is 5.10 Å². The highest BCUT2D eigenvalue weighted by atomic mass is 32.2. The van der Waals surface area contributed by atoms with E-state index in [1.54, 1.807) is 16.4 Å². The fraction of sp³-hybridized carbons (Fsp3) is 0.281. The number of amides is 1. The third kappa shape index (κ3) is 6.41. The maximum Gasteiger partial charge on any atom is 0.255 e. The van der Waals surface area contributed by atoms with Gasteiger partial charge in [-0.2, -0.15) is 4.98 Å². The monoisotopic (exact) mass is 569 g/mol. The van der Waals surface area contributed by atoms with Crippen LogP contribution >= 0.6 is 11.8 Å². The topological polar surface area (TPSA) is 90.3 Å². The van der Waals surface area contributed by atoms with Gasteiger partial charge in [0.25, 0.3) is 5.91 Å². The minimum absolute atomic E-state index is 0.248. The Morgan fingerprint density at radius 2 is 1.83 bits per heavy atom. The summed E-state index contributed by atoms with van der Waals surface area (Å²) >= 11 is 1.60. The summed E-state index contributed by atoms with van der Waals surface area (Å²) in [7, 11) is 0. The van der Waals surface area contributed by atoms with Crippen LogP contribution in [0.5, 0.6) is 11.5 Å². The average molecular weight is 570 g/mol. The third-order valence-electron chi connectivity index (χ3n) is 6.78. The zero-order valence-electron chi connectivity index (χ0n) is 23.8. The zero-order chi connectivity index (χ0) is 28.8. The number of fused-ring (bicyclic) bond motifs is 1. The van der Waals surface area contributed by atoms with E-state index < -0.39 is 6.04 Å². The molecule has 0 bridgehead atoms. The van der Waals surface area contributed by atoms with Crippen molar-refractivity contribution in [2.24, 2.45) is 0 Å². The van der Waals surface area contributed by atoms with Crippen molar-refractivity contribution in [3.8, 4) is 11.5 Å². The van der Waals surface area contributed by atoms with Crippen LogP contribution in [0.2, 0.25) is 0 Å². The Kier molecular flexibility index (Phi) is 8.94. The van der Waals surface area contributed by atoms with E-state index in [0.29, 0.717) is 52.8 Å². The molecule has 2 N–H and O–H groups in total. The molecule has 0 saturated carbocycles. The van der Waals surface area contributed by atoms with Crippen LogP contribution in [0, 0.1) is 6.92 Å². The third-order valence-corrected chi connectivity index (χ3v) is 7.82. The van der Waals surface area contributed by atoms with Crippen molar-refractivity contribution < 1.29 is 14.3 Å². The molecule has 8 nitrogen and oxygen atoms in total. The predicted octanol–water partition coefficient (Wildman–Crippen LogP) is 6.99. The molecule has 0 saturated heterocycles. The van der Waals surface area contributed by atoms with Crippen LogP contribution in [0.25, 0.3) is 0 Å². The number of anilines is 2. The molecule has 1 amide bonds. The van der Waals surface area contributed by atoms with Gasteiger partial charge >= 0.3 is 0 Å². The molecule has 0 aliphatic carbocycles. The fourth-order valence-electron chi connectivity index (χ4n) is 4.74. The number of carbonyl (C=O) groups is 1. The first kappa shape index (κ1) is 28.3. The lowest BCUT2D eigenvalue weighted by Gasteiger charge is -2.29. The van der Waals surface area contributed by atoms with Gasteiger partial charge in [0.2, 0.25) is 11.1 Å². The Labute approximate surface area is 245 Å². The number of ether oxygens (including phenoxy) is 2. The second-order valence-corrected chi connectivity index (χ2v) is 10.8. The van der Waals surface area contributed by atoms with Gasteiger partial charge < -0.3 is 20.1 Å². The van der Waals surface area contributed by atoms with Crippen LogP contribution in [0.4, 0.5) is 11.6 Å². The molecular weight excluding hydrogens is 534 g/mol. The summed E-state index contributed by atoms with van der Waals surface area (Å²) in [5.74, 6) is 2.59. The molecule has 212 valence electrons. The second kappa shape index (κ2) is 13.0. The molecule has 0 radical (unpaired) electrons. The Balaban J connectivity index is 1.51. The van der Waals surface area contributed by atoms with E-state index in [4.69, 9.17) is 19.6 Å². The highest BCUT2D eigenvalue weighted by molar-refractivity contribution is 7.99. The van der Waals surface area contributed by atoms with E-state index in [2.05, 4.69) is 36.6 Å².